The number of piperidine rings is 1. The minimum atomic E-state index is -0.751. The van der Waals surface area contributed by atoms with Gasteiger partial charge in [-0.1, -0.05) is 19.0 Å². The number of carbonyl (C=O) groups excluding carboxylic acids is 2. The van der Waals surface area contributed by atoms with Crippen molar-refractivity contribution in [3.8, 4) is 0 Å². The topological polar surface area (TPSA) is 97.1 Å². The fourth-order valence-corrected chi connectivity index (χ4v) is 2.39. The maximum Gasteiger partial charge on any atom is 0.243 e. The van der Waals surface area contributed by atoms with Crippen molar-refractivity contribution in [3.63, 3.8) is 0 Å². The highest BCUT2D eigenvalue weighted by Crippen LogP contribution is 2.20. The first kappa shape index (κ1) is 15.5. The molecule has 2 atom stereocenters. The minimum Gasteiger partial charge on any atom is -0.344 e. The summed E-state index contributed by atoms with van der Waals surface area (Å²) in [7, 11) is 0. The molecule has 7 heteroatoms. The van der Waals surface area contributed by atoms with E-state index in [1.807, 2.05) is 27.7 Å². The van der Waals surface area contributed by atoms with Crippen LogP contribution < -0.4 is 10.6 Å². The molecule has 1 fully saturated rings. The zero-order chi connectivity index (χ0) is 15.6. The van der Waals surface area contributed by atoms with Crippen molar-refractivity contribution < 1.29 is 14.1 Å². The summed E-state index contributed by atoms with van der Waals surface area (Å²) < 4.78 is 5.08. The first-order chi connectivity index (χ1) is 9.81. The van der Waals surface area contributed by atoms with Gasteiger partial charge in [0.25, 0.3) is 0 Å². The molecule has 2 N–H and O–H groups in total. The van der Waals surface area contributed by atoms with E-state index in [1.165, 1.54) is 0 Å². The molecule has 7 nitrogen and oxygen atoms in total. The lowest BCUT2D eigenvalue weighted by Crippen LogP contribution is -2.54. The summed E-state index contributed by atoms with van der Waals surface area (Å²) in [6.07, 6.45) is 1.76. The van der Waals surface area contributed by atoms with Crippen LogP contribution in [-0.4, -0.2) is 28.0 Å². The Kier molecular flexibility index (Phi) is 4.29. The Labute approximate surface area is 123 Å². The van der Waals surface area contributed by atoms with Gasteiger partial charge in [0.1, 0.15) is 6.04 Å². The van der Waals surface area contributed by atoms with Crippen LogP contribution in [0.2, 0.25) is 0 Å². The molecule has 116 valence electrons. The van der Waals surface area contributed by atoms with Crippen LogP contribution >= 0.6 is 0 Å². The van der Waals surface area contributed by atoms with Crippen molar-refractivity contribution in [1.82, 2.24) is 20.8 Å². The third-order valence-corrected chi connectivity index (χ3v) is 3.59. The van der Waals surface area contributed by atoms with E-state index in [2.05, 4.69) is 20.8 Å². The molecule has 2 amide bonds. The summed E-state index contributed by atoms with van der Waals surface area (Å²) in [4.78, 5) is 28.1. The van der Waals surface area contributed by atoms with E-state index >= 15 is 0 Å². The molecule has 1 aliphatic rings. The Hall–Kier alpha value is -1.92. The van der Waals surface area contributed by atoms with Gasteiger partial charge in [-0.25, -0.2) is 0 Å². The van der Waals surface area contributed by atoms with Gasteiger partial charge in [-0.2, -0.15) is 4.98 Å². The third kappa shape index (κ3) is 3.59. The molecule has 21 heavy (non-hydrogen) atoms. The second-order valence-electron chi connectivity index (χ2n) is 6.14. The summed E-state index contributed by atoms with van der Waals surface area (Å²) in [5.74, 6) is 0.867. The predicted molar refractivity (Wildman–Crippen MR) is 75.2 cm³/mol. The molecule has 1 saturated heterocycles. The molecule has 1 aromatic heterocycles. The highest BCUT2D eigenvalue weighted by Gasteiger charge is 2.34. The first-order valence-corrected chi connectivity index (χ1v) is 7.26. The molecule has 0 bridgehead atoms. The Bertz CT molecular complexity index is 538. The lowest BCUT2D eigenvalue weighted by molar-refractivity contribution is -0.133. The predicted octanol–water partition coefficient (Wildman–Crippen LogP) is 0.898. The molecule has 0 radical (unpaired) electrons. The standard InChI is InChI=1S/C14H22N4O3/c1-5-11-16-13(18-21-11)14(3,4)17-12(20)9-6-8(2)7-10(19)15-9/h8-9H,5-7H2,1-4H3,(H,15,19)(H,17,20)/t8-,9-/m0/s1. The number of aromatic nitrogens is 2. The largest absolute Gasteiger partial charge is 0.344 e. The van der Waals surface area contributed by atoms with E-state index in [9.17, 15) is 9.59 Å². The van der Waals surface area contributed by atoms with E-state index in [0.717, 1.165) is 0 Å². The number of carbonyl (C=O) groups is 2. The van der Waals surface area contributed by atoms with E-state index in [0.29, 0.717) is 31.0 Å². The van der Waals surface area contributed by atoms with Crippen LogP contribution in [0.1, 0.15) is 52.3 Å². The molecule has 1 aromatic rings. The molecule has 2 heterocycles. The lowest BCUT2D eigenvalue weighted by atomic mass is 9.92. The molecule has 2 rings (SSSR count). The van der Waals surface area contributed by atoms with E-state index in [-0.39, 0.29) is 17.7 Å². The summed E-state index contributed by atoms with van der Waals surface area (Å²) >= 11 is 0. The van der Waals surface area contributed by atoms with E-state index in [4.69, 9.17) is 4.52 Å². The average Bonchev–Trinajstić information content (AvgIpc) is 2.86. The van der Waals surface area contributed by atoms with Gasteiger partial charge in [-0.3, -0.25) is 9.59 Å². The van der Waals surface area contributed by atoms with Gasteiger partial charge in [0, 0.05) is 12.8 Å². The Balaban J connectivity index is 2.05. The molecule has 0 aliphatic carbocycles. The van der Waals surface area contributed by atoms with Crippen molar-refractivity contribution in [3.05, 3.63) is 11.7 Å². The molecular weight excluding hydrogens is 272 g/mol. The first-order valence-electron chi connectivity index (χ1n) is 7.26. The maximum absolute atomic E-state index is 12.3. The quantitative estimate of drug-likeness (QED) is 0.860. The highest BCUT2D eigenvalue weighted by atomic mass is 16.5. The molecular formula is C14H22N4O3. The second kappa shape index (κ2) is 5.83. The van der Waals surface area contributed by atoms with Gasteiger partial charge >= 0.3 is 0 Å². The Morgan fingerprint density at radius 2 is 2.24 bits per heavy atom. The number of rotatable bonds is 4. The minimum absolute atomic E-state index is 0.0838. The molecule has 0 spiro atoms. The summed E-state index contributed by atoms with van der Waals surface area (Å²) in [6, 6.07) is -0.502. The van der Waals surface area contributed by atoms with Crippen LogP contribution in [-0.2, 0) is 21.5 Å². The van der Waals surface area contributed by atoms with Crippen molar-refractivity contribution in [2.75, 3.05) is 0 Å². The number of nitrogens with zero attached hydrogens (tertiary/aromatic N) is 2. The van der Waals surface area contributed by atoms with Gasteiger partial charge in [0.05, 0.1) is 5.54 Å². The Morgan fingerprint density at radius 1 is 1.52 bits per heavy atom. The number of hydrogen-bond acceptors (Lipinski definition) is 5. The van der Waals surface area contributed by atoms with E-state index in [1.54, 1.807) is 0 Å². The molecule has 0 saturated carbocycles. The van der Waals surface area contributed by atoms with Crippen molar-refractivity contribution >= 4 is 11.8 Å². The van der Waals surface area contributed by atoms with E-state index < -0.39 is 11.6 Å². The van der Waals surface area contributed by atoms with Crippen molar-refractivity contribution in [2.24, 2.45) is 5.92 Å². The van der Waals surface area contributed by atoms with Crippen LogP contribution in [0.5, 0.6) is 0 Å². The van der Waals surface area contributed by atoms with Gasteiger partial charge in [0.15, 0.2) is 5.82 Å². The zero-order valence-corrected chi connectivity index (χ0v) is 12.9. The van der Waals surface area contributed by atoms with Crippen LogP contribution in [0.3, 0.4) is 0 Å². The summed E-state index contributed by atoms with van der Waals surface area (Å²) in [5, 5.41) is 9.50. The second-order valence-corrected chi connectivity index (χ2v) is 6.14. The zero-order valence-electron chi connectivity index (χ0n) is 12.9. The van der Waals surface area contributed by atoms with Gasteiger partial charge < -0.3 is 15.2 Å². The highest BCUT2D eigenvalue weighted by molar-refractivity contribution is 5.89. The molecule has 0 aromatic carbocycles. The van der Waals surface area contributed by atoms with Crippen LogP contribution in [0.25, 0.3) is 0 Å². The van der Waals surface area contributed by atoms with Crippen molar-refractivity contribution in [1.29, 1.82) is 0 Å². The number of hydrogen-bond donors (Lipinski definition) is 2. The number of amides is 2. The SMILES string of the molecule is CCc1nc(C(C)(C)NC(=O)[C@@H]2C[C@H](C)CC(=O)N2)no1. The summed E-state index contributed by atoms with van der Waals surface area (Å²) in [6.45, 7) is 7.51. The monoisotopic (exact) mass is 294 g/mol. The van der Waals surface area contributed by atoms with Gasteiger partial charge in [0.2, 0.25) is 17.7 Å². The van der Waals surface area contributed by atoms with Crippen LogP contribution in [0, 0.1) is 5.92 Å². The Morgan fingerprint density at radius 3 is 2.81 bits per heavy atom. The maximum atomic E-state index is 12.3. The fourth-order valence-electron chi connectivity index (χ4n) is 2.39. The van der Waals surface area contributed by atoms with Crippen molar-refractivity contribution in [2.45, 2.75) is 58.5 Å². The lowest BCUT2D eigenvalue weighted by Gasteiger charge is -2.30. The van der Waals surface area contributed by atoms with Crippen LogP contribution in [0.15, 0.2) is 4.52 Å². The number of nitrogens with one attached hydrogen (secondary N) is 2. The smallest absolute Gasteiger partial charge is 0.243 e. The van der Waals surface area contributed by atoms with Crippen LogP contribution in [0.4, 0.5) is 0 Å². The number of aryl methyl sites for hydroxylation is 1. The molecule has 1 aliphatic heterocycles. The molecule has 0 unspecified atom stereocenters. The normalized spacial score (nSPS) is 22.8. The third-order valence-electron chi connectivity index (χ3n) is 3.59. The van der Waals surface area contributed by atoms with Gasteiger partial charge in [-0.15, -0.1) is 0 Å². The summed E-state index contributed by atoms with van der Waals surface area (Å²) in [5.41, 5.74) is -0.751. The average molecular weight is 294 g/mol. The fraction of sp³-hybridized carbons (Fsp3) is 0.714. The van der Waals surface area contributed by atoms with Gasteiger partial charge in [-0.05, 0) is 26.2 Å².